The van der Waals surface area contributed by atoms with Crippen molar-refractivity contribution in [3.63, 3.8) is 0 Å². The van der Waals surface area contributed by atoms with Crippen LogP contribution < -0.4 is 10.6 Å². The number of hydrogen-bond donors (Lipinski definition) is 2. The van der Waals surface area contributed by atoms with Gasteiger partial charge < -0.3 is 15.5 Å². The van der Waals surface area contributed by atoms with Crippen LogP contribution in [0.1, 0.15) is 43.2 Å². The number of nitrogens with one attached hydrogen (secondary N) is 2. The Balaban J connectivity index is 1.51. The van der Waals surface area contributed by atoms with Gasteiger partial charge in [-0.25, -0.2) is 0 Å². The van der Waals surface area contributed by atoms with Gasteiger partial charge in [0.15, 0.2) is 0 Å². The largest absolute Gasteiger partial charge is 0.405 e. The van der Waals surface area contributed by atoms with Crippen molar-refractivity contribution in [2.75, 3.05) is 26.2 Å². The van der Waals surface area contributed by atoms with Gasteiger partial charge in [-0.1, -0.05) is 55.0 Å². The number of halogens is 3. The van der Waals surface area contributed by atoms with Crippen molar-refractivity contribution in [1.29, 1.82) is 0 Å². The van der Waals surface area contributed by atoms with Crippen molar-refractivity contribution in [3.8, 4) is 11.1 Å². The highest BCUT2D eigenvalue weighted by Gasteiger charge is 2.49. The van der Waals surface area contributed by atoms with Gasteiger partial charge in [-0.15, -0.1) is 0 Å². The molecule has 4 rings (SSSR count). The summed E-state index contributed by atoms with van der Waals surface area (Å²) in [4.78, 5) is 26.5. The van der Waals surface area contributed by atoms with Gasteiger partial charge in [0.05, 0.1) is 0 Å². The number of carbonyl (C=O) groups excluding carboxylic acids is 2. The number of piperidine rings is 1. The molecule has 182 valence electrons. The molecule has 34 heavy (non-hydrogen) atoms. The van der Waals surface area contributed by atoms with E-state index >= 15 is 0 Å². The summed E-state index contributed by atoms with van der Waals surface area (Å²) >= 11 is 0. The maximum absolute atomic E-state index is 13.5. The lowest BCUT2D eigenvalue weighted by molar-refractivity contribution is -0.141. The number of alkyl halides is 3. The van der Waals surface area contributed by atoms with Crippen LogP contribution in [0, 0.1) is 0 Å². The van der Waals surface area contributed by atoms with E-state index in [-0.39, 0.29) is 6.04 Å². The minimum atomic E-state index is -4.47. The second-order valence-electron chi connectivity index (χ2n) is 9.15. The molecule has 0 radical (unpaired) electrons. The number of benzene rings is 2. The van der Waals surface area contributed by atoms with Gasteiger partial charge in [0.1, 0.15) is 12.0 Å². The second-order valence-corrected chi connectivity index (χ2v) is 9.15. The van der Waals surface area contributed by atoms with Crippen LogP contribution in [-0.2, 0) is 15.0 Å². The summed E-state index contributed by atoms with van der Waals surface area (Å²) in [6.07, 6.45) is 0.0691. The van der Waals surface area contributed by atoms with Gasteiger partial charge in [-0.3, -0.25) is 9.59 Å². The molecule has 2 aromatic carbocycles. The molecule has 2 aromatic rings. The van der Waals surface area contributed by atoms with Crippen molar-refractivity contribution in [2.45, 2.75) is 49.7 Å². The Hall–Kier alpha value is -2.87. The molecule has 0 atom stereocenters. The van der Waals surface area contributed by atoms with Gasteiger partial charge in [-0.05, 0) is 54.5 Å². The van der Waals surface area contributed by atoms with E-state index in [1.54, 1.807) is 0 Å². The normalized spacial score (nSPS) is 17.6. The van der Waals surface area contributed by atoms with Crippen LogP contribution in [0.2, 0.25) is 0 Å². The number of rotatable bonds is 9. The lowest BCUT2D eigenvalue weighted by Crippen LogP contribution is -2.47. The van der Waals surface area contributed by atoms with E-state index in [9.17, 15) is 22.8 Å². The summed E-state index contributed by atoms with van der Waals surface area (Å²) in [6, 6.07) is 15.3. The number of unbranched alkanes of at least 4 members (excludes halogenated alkanes) is 1. The van der Waals surface area contributed by atoms with Gasteiger partial charge >= 0.3 is 6.18 Å². The first-order valence-electron chi connectivity index (χ1n) is 11.8. The average Bonchev–Trinajstić information content (AvgIpc) is 3.12. The summed E-state index contributed by atoms with van der Waals surface area (Å²) in [5.74, 6) is -0.594. The van der Waals surface area contributed by atoms with E-state index in [2.05, 4.69) is 15.5 Å². The highest BCUT2D eigenvalue weighted by atomic mass is 19.4. The van der Waals surface area contributed by atoms with E-state index in [1.807, 2.05) is 48.5 Å². The molecule has 2 amide bonds. The van der Waals surface area contributed by atoms with Gasteiger partial charge in [-0.2, -0.15) is 13.2 Å². The van der Waals surface area contributed by atoms with Crippen molar-refractivity contribution in [1.82, 2.24) is 15.5 Å². The summed E-state index contributed by atoms with van der Waals surface area (Å²) in [7, 11) is 0. The SMILES string of the molecule is O=CNC1CCN(CCCCC2(C(=O)NCC(F)(F)F)c3ccccc3-c3ccccc32)CC1. The molecular weight excluding hydrogens is 443 g/mol. The molecule has 1 heterocycles. The Morgan fingerprint density at radius 3 is 2.15 bits per heavy atom. The lowest BCUT2D eigenvalue weighted by atomic mass is 9.73. The molecule has 5 nitrogen and oxygen atoms in total. The summed E-state index contributed by atoms with van der Waals surface area (Å²) in [5, 5.41) is 5.02. The van der Waals surface area contributed by atoms with E-state index in [0.29, 0.717) is 12.8 Å². The smallest absolute Gasteiger partial charge is 0.356 e. The van der Waals surface area contributed by atoms with E-state index in [0.717, 1.165) is 67.6 Å². The van der Waals surface area contributed by atoms with Gasteiger partial charge in [0, 0.05) is 19.1 Å². The molecule has 2 N–H and O–H groups in total. The maximum atomic E-state index is 13.5. The molecule has 2 aliphatic rings. The standard InChI is InChI=1S/C26H30F3N3O2/c27-26(28,29)17-30-24(34)25(13-5-6-14-32-15-11-19(12-16-32)31-18-33)22-9-3-1-7-20(22)21-8-2-4-10-23(21)25/h1-4,7-10,18-19H,5-6,11-17H2,(H,30,34)(H,31,33). The first-order valence-corrected chi connectivity index (χ1v) is 11.8. The minimum Gasteiger partial charge on any atom is -0.356 e. The molecule has 1 aliphatic carbocycles. The van der Waals surface area contributed by atoms with Crippen LogP contribution in [0.15, 0.2) is 48.5 Å². The Morgan fingerprint density at radius 1 is 1.00 bits per heavy atom. The van der Waals surface area contributed by atoms with Crippen molar-refractivity contribution < 1.29 is 22.8 Å². The molecule has 0 saturated carbocycles. The predicted molar refractivity (Wildman–Crippen MR) is 124 cm³/mol. The van der Waals surface area contributed by atoms with Crippen LogP contribution in [0.5, 0.6) is 0 Å². The monoisotopic (exact) mass is 473 g/mol. The van der Waals surface area contributed by atoms with Crippen molar-refractivity contribution >= 4 is 12.3 Å². The zero-order valence-electron chi connectivity index (χ0n) is 19.0. The summed E-state index contributed by atoms with van der Waals surface area (Å²) in [6.45, 7) is 1.31. The number of nitrogens with zero attached hydrogens (tertiary/aromatic N) is 1. The Morgan fingerprint density at radius 2 is 1.59 bits per heavy atom. The minimum absolute atomic E-state index is 0.223. The number of hydrogen-bond acceptors (Lipinski definition) is 3. The number of carbonyl (C=O) groups is 2. The fourth-order valence-corrected chi connectivity index (χ4v) is 5.43. The maximum Gasteiger partial charge on any atom is 0.405 e. The Bertz CT molecular complexity index is 971. The summed E-state index contributed by atoms with van der Waals surface area (Å²) < 4.78 is 38.9. The predicted octanol–water partition coefficient (Wildman–Crippen LogP) is 4.01. The van der Waals surface area contributed by atoms with Crippen LogP contribution in [0.3, 0.4) is 0 Å². The first-order chi connectivity index (χ1) is 16.3. The third-order valence-electron chi connectivity index (χ3n) is 7.07. The molecule has 1 fully saturated rings. The number of likely N-dealkylation sites (tertiary alicyclic amines) is 1. The molecule has 1 aliphatic heterocycles. The third-order valence-corrected chi connectivity index (χ3v) is 7.07. The van der Waals surface area contributed by atoms with Crippen molar-refractivity contribution in [3.05, 3.63) is 59.7 Å². The van der Waals surface area contributed by atoms with Gasteiger partial charge in [0.2, 0.25) is 12.3 Å². The molecule has 0 aromatic heterocycles. The second kappa shape index (κ2) is 10.2. The molecule has 0 bridgehead atoms. The third kappa shape index (κ3) is 4.97. The van der Waals surface area contributed by atoms with Crippen LogP contribution >= 0.6 is 0 Å². The Labute approximate surface area is 197 Å². The number of fused-ring (bicyclic) bond motifs is 3. The van der Waals surface area contributed by atoms with Gasteiger partial charge in [0.25, 0.3) is 0 Å². The topological polar surface area (TPSA) is 61.4 Å². The van der Waals surface area contributed by atoms with Crippen LogP contribution in [-0.4, -0.2) is 55.6 Å². The fraction of sp³-hybridized carbons (Fsp3) is 0.462. The quantitative estimate of drug-likeness (QED) is 0.427. The molecule has 1 saturated heterocycles. The zero-order valence-corrected chi connectivity index (χ0v) is 19.0. The zero-order chi connectivity index (χ0) is 24.2. The highest BCUT2D eigenvalue weighted by molar-refractivity contribution is 6.00. The average molecular weight is 474 g/mol. The number of amides is 2. The van der Waals surface area contributed by atoms with E-state index in [1.165, 1.54) is 0 Å². The highest BCUT2D eigenvalue weighted by Crippen LogP contribution is 2.51. The van der Waals surface area contributed by atoms with E-state index < -0.39 is 24.0 Å². The first kappa shape index (κ1) is 24.3. The summed E-state index contributed by atoms with van der Waals surface area (Å²) in [5.41, 5.74) is 2.22. The van der Waals surface area contributed by atoms with Crippen LogP contribution in [0.25, 0.3) is 11.1 Å². The molecular formula is C26H30F3N3O2. The molecule has 0 spiro atoms. The molecule has 8 heteroatoms. The lowest BCUT2D eigenvalue weighted by Gasteiger charge is -2.33. The molecule has 0 unspecified atom stereocenters. The van der Waals surface area contributed by atoms with Crippen molar-refractivity contribution in [2.24, 2.45) is 0 Å². The van der Waals surface area contributed by atoms with Crippen LogP contribution in [0.4, 0.5) is 13.2 Å². The van der Waals surface area contributed by atoms with E-state index in [4.69, 9.17) is 0 Å². The fourth-order valence-electron chi connectivity index (χ4n) is 5.43. The Kier molecular flexibility index (Phi) is 7.26.